The van der Waals surface area contributed by atoms with E-state index in [1.165, 1.54) is 0 Å². The van der Waals surface area contributed by atoms with Gasteiger partial charge in [-0.25, -0.2) is 0 Å². The number of ether oxygens (including phenoxy) is 2. The molecular weight excluding hydrogens is 228 g/mol. The van der Waals surface area contributed by atoms with Crippen molar-refractivity contribution in [2.24, 2.45) is 5.41 Å². The molecule has 6 heteroatoms. The average Bonchev–Trinajstić information content (AvgIpc) is 2.24. The Morgan fingerprint density at radius 2 is 1.65 bits per heavy atom. The van der Waals surface area contributed by atoms with Crippen LogP contribution in [0.25, 0.3) is 0 Å². The topological polar surface area (TPSA) is 99.4 Å². The molecule has 6 nitrogen and oxygen atoms in total. The third-order valence-corrected chi connectivity index (χ3v) is 2.53. The van der Waals surface area contributed by atoms with Gasteiger partial charge in [0.05, 0.1) is 13.2 Å². The van der Waals surface area contributed by atoms with Gasteiger partial charge in [-0.2, -0.15) is 0 Å². The van der Waals surface area contributed by atoms with Crippen molar-refractivity contribution in [2.45, 2.75) is 51.5 Å². The summed E-state index contributed by atoms with van der Waals surface area (Å²) in [5.41, 5.74) is -0.112. The summed E-state index contributed by atoms with van der Waals surface area (Å²) in [4.78, 5) is 0. The molecule has 0 amide bonds. The molecule has 1 heterocycles. The monoisotopic (exact) mass is 250 g/mol. The lowest BCUT2D eigenvalue weighted by Gasteiger charge is -2.40. The maximum absolute atomic E-state index is 9.68. The largest absolute Gasteiger partial charge is 0.394 e. The van der Waals surface area contributed by atoms with E-state index in [0.29, 0.717) is 6.61 Å². The quantitative estimate of drug-likeness (QED) is 0.505. The van der Waals surface area contributed by atoms with Crippen LogP contribution in [0.4, 0.5) is 0 Å². The zero-order chi connectivity index (χ0) is 13.2. The van der Waals surface area contributed by atoms with Gasteiger partial charge in [0.25, 0.3) is 0 Å². The summed E-state index contributed by atoms with van der Waals surface area (Å²) in [6.07, 6.45) is -6.01. The van der Waals surface area contributed by atoms with E-state index >= 15 is 0 Å². The van der Waals surface area contributed by atoms with Gasteiger partial charge in [-0.05, 0) is 5.41 Å². The first-order valence-electron chi connectivity index (χ1n) is 5.68. The van der Waals surface area contributed by atoms with Gasteiger partial charge in [-0.3, -0.25) is 0 Å². The van der Waals surface area contributed by atoms with Crippen LogP contribution >= 0.6 is 0 Å². The Balaban J connectivity index is 2.59. The van der Waals surface area contributed by atoms with Gasteiger partial charge in [0.15, 0.2) is 6.29 Å². The number of rotatable bonds is 3. The van der Waals surface area contributed by atoms with E-state index in [1.807, 2.05) is 20.8 Å². The van der Waals surface area contributed by atoms with E-state index in [2.05, 4.69) is 0 Å². The molecule has 1 fully saturated rings. The maximum Gasteiger partial charge on any atom is 0.186 e. The first kappa shape index (κ1) is 14.8. The number of aliphatic hydroxyl groups is 4. The lowest BCUT2D eigenvalue weighted by molar-refractivity contribution is -0.305. The molecule has 17 heavy (non-hydrogen) atoms. The van der Waals surface area contributed by atoms with E-state index in [0.717, 1.165) is 0 Å². The lowest BCUT2D eigenvalue weighted by Crippen LogP contribution is -2.59. The Hall–Kier alpha value is -0.240. The summed E-state index contributed by atoms with van der Waals surface area (Å²) >= 11 is 0. The van der Waals surface area contributed by atoms with Crippen molar-refractivity contribution < 1.29 is 29.9 Å². The van der Waals surface area contributed by atoms with Crippen molar-refractivity contribution in [3.8, 4) is 0 Å². The van der Waals surface area contributed by atoms with Gasteiger partial charge in [-0.15, -0.1) is 0 Å². The van der Waals surface area contributed by atoms with Crippen molar-refractivity contribution in [2.75, 3.05) is 13.2 Å². The van der Waals surface area contributed by atoms with Crippen LogP contribution in [-0.2, 0) is 9.47 Å². The molecule has 1 rings (SSSR count). The van der Waals surface area contributed by atoms with Crippen LogP contribution in [-0.4, -0.2) is 64.3 Å². The zero-order valence-corrected chi connectivity index (χ0v) is 10.4. The molecule has 0 aromatic rings. The van der Waals surface area contributed by atoms with Crippen LogP contribution in [0, 0.1) is 5.41 Å². The third kappa shape index (κ3) is 3.87. The van der Waals surface area contributed by atoms with Crippen LogP contribution in [0.2, 0.25) is 0 Å². The first-order valence-corrected chi connectivity index (χ1v) is 5.68. The molecule has 1 aliphatic heterocycles. The highest BCUT2D eigenvalue weighted by Gasteiger charge is 2.44. The minimum Gasteiger partial charge on any atom is -0.394 e. The highest BCUT2D eigenvalue weighted by molar-refractivity contribution is 4.89. The SMILES string of the molecule is CC(C)(C)CO[C@H]1OC(CO)[C@H](O)C(O)C1O. The van der Waals surface area contributed by atoms with E-state index in [9.17, 15) is 15.3 Å². The molecule has 0 spiro atoms. The van der Waals surface area contributed by atoms with Gasteiger partial charge in [0, 0.05) is 0 Å². The normalized spacial score (nSPS) is 39.4. The minimum atomic E-state index is -1.38. The molecule has 1 saturated heterocycles. The van der Waals surface area contributed by atoms with E-state index in [4.69, 9.17) is 14.6 Å². The third-order valence-electron chi connectivity index (χ3n) is 2.53. The second-order valence-corrected chi connectivity index (χ2v) is 5.57. The van der Waals surface area contributed by atoms with Gasteiger partial charge in [0.1, 0.15) is 24.4 Å². The number of hydrogen-bond acceptors (Lipinski definition) is 6. The van der Waals surface area contributed by atoms with Crippen LogP contribution < -0.4 is 0 Å². The molecule has 1 aliphatic rings. The maximum atomic E-state index is 9.68. The second-order valence-electron chi connectivity index (χ2n) is 5.57. The molecule has 5 atom stereocenters. The smallest absolute Gasteiger partial charge is 0.186 e. The minimum absolute atomic E-state index is 0.112. The molecule has 0 bridgehead atoms. The molecule has 0 radical (unpaired) electrons. The summed E-state index contributed by atoms with van der Waals surface area (Å²) in [5.74, 6) is 0. The van der Waals surface area contributed by atoms with Crippen molar-refractivity contribution in [3.63, 3.8) is 0 Å². The second kappa shape index (κ2) is 5.60. The summed E-state index contributed by atoms with van der Waals surface area (Å²) in [6, 6.07) is 0. The predicted molar refractivity (Wildman–Crippen MR) is 59.2 cm³/mol. The highest BCUT2D eigenvalue weighted by Crippen LogP contribution is 2.24. The van der Waals surface area contributed by atoms with Crippen molar-refractivity contribution in [3.05, 3.63) is 0 Å². The van der Waals surface area contributed by atoms with E-state index in [1.54, 1.807) is 0 Å². The Labute approximate surface area is 101 Å². The average molecular weight is 250 g/mol. The van der Waals surface area contributed by atoms with Gasteiger partial charge >= 0.3 is 0 Å². The Morgan fingerprint density at radius 3 is 2.12 bits per heavy atom. The first-order chi connectivity index (χ1) is 7.76. The van der Waals surface area contributed by atoms with E-state index < -0.39 is 37.3 Å². The van der Waals surface area contributed by atoms with Crippen LogP contribution in [0.5, 0.6) is 0 Å². The molecule has 3 unspecified atom stereocenters. The summed E-state index contributed by atoms with van der Waals surface area (Å²) < 4.78 is 10.5. The molecule has 0 aromatic heterocycles. The summed E-state index contributed by atoms with van der Waals surface area (Å²) in [5, 5.41) is 37.7. The van der Waals surface area contributed by atoms with Gasteiger partial charge in [0.2, 0.25) is 0 Å². The van der Waals surface area contributed by atoms with Crippen molar-refractivity contribution in [1.29, 1.82) is 0 Å². The fourth-order valence-electron chi connectivity index (χ4n) is 1.54. The number of aliphatic hydroxyl groups excluding tert-OH is 4. The Bertz CT molecular complexity index is 237. The van der Waals surface area contributed by atoms with Crippen molar-refractivity contribution >= 4 is 0 Å². The van der Waals surface area contributed by atoms with Crippen LogP contribution in [0.3, 0.4) is 0 Å². The van der Waals surface area contributed by atoms with E-state index in [-0.39, 0.29) is 5.41 Å². The Kier molecular flexibility index (Phi) is 4.88. The molecule has 0 aromatic carbocycles. The highest BCUT2D eigenvalue weighted by atomic mass is 16.7. The van der Waals surface area contributed by atoms with Crippen LogP contribution in [0.15, 0.2) is 0 Å². The summed E-state index contributed by atoms with van der Waals surface area (Å²) in [6.45, 7) is 5.75. The van der Waals surface area contributed by atoms with Crippen LogP contribution in [0.1, 0.15) is 20.8 Å². The standard InChI is InChI=1S/C11H22O6/c1-11(2,3)5-16-10-9(15)8(14)7(13)6(4-12)17-10/h6-10,12-15H,4-5H2,1-3H3/t6?,7-,8?,9?,10-/m0/s1. The lowest BCUT2D eigenvalue weighted by atomic mass is 9.97. The molecule has 0 saturated carbocycles. The fraction of sp³-hybridized carbons (Fsp3) is 1.00. The fourth-order valence-corrected chi connectivity index (χ4v) is 1.54. The summed E-state index contributed by atoms with van der Waals surface area (Å²) in [7, 11) is 0. The molecular formula is C11H22O6. The molecule has 4 N–H and O–H groups in total. The Morgan fingerprint density at radius 1 is 1.06 bits per heavy atom. The van der Waals surface area contributed by atoms with Gasteiger partial charge in [-0.1, -0.05) is 20.8 Å². The number of hydrogen-bond donors (Lipinski definition) is 4. The molecule has 0 aliphatic carbocycles. The zero-order valence-electron chi connectivity index (χ0n) is 10.4. The molecule has 102 valence electrons. The van der Waals surface area contributed by atoms with Gasteiger partial charge < -0.3 is 29.9 Å². The van der Waals surface area contributed by atoms with Crippen molar-refractivity contribution in [1.82, 2.24) is 0 Å². The predicted octanol–water partition coefficient (Wildman–Crippen LogP) is -1.15.